The lowest BCUT2D eigenvalue weighted by Gasteiger charge is -2.05. The van der Waals surface area contributed by atoms with Crippen LogP contribution in [-0.4, -0.2) is 18.4 Å². The van der Waals surface area contributed by atoms with Gasteiger partial charge < -0.3 is 9.47 Å². The van der Waals surface area contributed by atoms with Crippen molar-refractivity contribution in [2.24, 2.45) is 5.10 Å². The second-order valence-corrected chi connectivity index (χ2v) is 4.69. The molecule has 1 aromatic carbocycles. The fourth-order valence-electron chi connectivity index (χ4n) is 2.05. The number of nitrogens with zero attached hydrogens (tertiary/aromatic N) is 1. The van der Waals surface area contributed by atoms with Gasteiger partial charge in [-0.05, 0) is 31.0 Å². The molecule has 20 heavy (non-hydrogen) atoms. The highest BCUT2D eigenvalue weighted by molar-refractivity contribution is 5.96. The number of fused-ring (bicyclic) bond motifs is 1. The largest absolute Gasteiger partial charge is 0.454 e. The topological polar surface area (TPSA) is 59.9 Å². The zero-order valence-electron chi connectivity index (χ0n) is 11.9. The van der Waals surface area contributed by atoms with Gasteiger partial charge in [0.15, 0.2) is 11.5 Å². The summed E-state index contributed by atoms with van der Waals surface area (Å²) in [6, 6.07) is 5.12. The maximum Gasteiger partial charge on any atom is 0.271 e. The Balaban J connectivity index is 2.02. The Morgan fingerprint density at radius 1 is 1.20 bits per heavy atom. The third kappa shape index (κ3) is 3.50. The van der Waals surface area contributed by atoms with Crippen molar-refractivity contribution in [1.29, 1.82) is 0 Å². The molecule has 1 aromatic rings. The van der Waals surface area contributed by atoms with E-state index in [9.17, 15) is 4.79 Å². The number of carbonyl (C=O) groups is 1. The van der Waals surface area contributed by atoms with Gasteiger partial charge in [0.05, 0.1) is 0 Å². The fourth-order valence-corrected chi connectivity index (χ4v) is 2.05. The van der Waals surface area contributed by atoms with E-state index in [-0.39, 0.29) is 12.7 Å². The van der Waals surface area contributed by atoms with E-state index in [1.807, 2.05) is 0 Å². The van der Waals surface area contributed by atoms with E-state index in [1.165, 1.54) is 0 Å². The average molecular weight is 276 g/mol. The summed E-state index contributed by atoms with van der Waals surface area (Å²) in [4.78, 5) is 12.0. The van der Waals surface area contributed by atoms with Crippen molar-refractivity contribution in [3.8, 4) is 11.5 Å². The second kappa shape index (κ2) is 6.93. The van der Waals surface area contributed by atoms with Crippen molar-refractivity contribution < 1.29 is 14.3 Å². The molecule has 1 amide bonds. The van der Waals surface area contributed by atoms with Gasteiger partial charge in [-0.15, -0.1) is 0 Å². The molecule has 1 N–H and O–H groups in total. The summed E-state index contributed by atoms with van der Waals surface area (Å²) < 4.78 is 10.5. The zero-order valence-corrected chi connectivity index (χ0v) is 11.9. The molecule has 0 radical (unpaired) electrons. The van der Waals surface area contributed by atoms with Gasteiger partial charge in [0.2, 0.25) is 6.79 Å². The molecular formula is C15H20N2O3. The molecule has 0 bridgehead atoms. The molecule has 0 saturated carbocycles. The number of nitrogens with one attached hydrogen (secondary N) is 1. The number of hydrogen-bond donors (Lipinski definition) is 1. The monoisotopic (exact) mass is 276 g/mol. The third-order valence-electron chi connectivity index (χ3n) is 3.03. The van der Waals surface area contributed by atoms with Crippen molar-refractivity contribution >= 4 is 11.6 Å². The highest BCUT2D eigenvalue weighted by Gasteiger charge is 2.16. The van der Waals surface area contributed by atoms with Crippen molar-refractivity contribution in [2.75, 3.05) is 6.79 Å². The third-order valence-corrected chi connectivity index (χ3v) is 3.03. The van der Waals surface area contributed by atoms with Gasteiger partial charge in [0, 0.05) is 11.3 Å². The van der Waals surface area contributed by atoms with Gasteiger partial charge in [-0.2, -0.15) is 5.10 Å². The number of hydrazone groups is 1. The summed E-state index contributed by atoms with van der Waals surface area (Å²) in [6.45, 7) is 4.41. The summed E-state index contributed by atoms with van der Waals surface area (Å²) in [7, 11) is 0. The highest BCUT2D eigenvalue weighted by Crippen LogP contribution is 2.32. The molecular weight excluding hydrogens is 256 g/mol. The second-order valence-electron chi connectivity index (χ2n) is 4.69. The van der Waals surface area contributed by atoms with Crippen LogP contribution >= 0.6 is 0 Å². The van der Waals surface area contributed by atoms with Crippen molar-refractivity contribution in [3.05, 3.63) is 23.8 Å². The van der Waals surface area contributed by atoms with E-state index in [0.29, 0.717) is 17.1 Å². The quantitative estimate of drug-likeness (QED) is 0.641. The predicted molar refractivity (Wildman–Crippen MR) is 77.3 cm³/mol. The molecule has 0 aliphatic carbocycles. The molecule has 1 heterocycles. The lowest BCUT2D eigenvalue weighted by Crippen LogP contribution is -2.19. The van der Waals surface area contributed by atoms with Gasteiger partial charge in [-0.25, -0.2) is 5.43 Å². The van der Waals surface area contributed by atoms with Crippen LogP contribution in [0.2, 0.25) is 0 Å². The normalized spacial score (nSPS) is 12.1. The van der Waals surface area contributed by atoms with E-state index in [0.717, 1.165) is 31.4 Å². The van der Waals surface area contributed by atoms with Gasteiger partial charge in [-0.3, -0.25) is 4.79 Å². The minimum absolute atomic E-state index is 0.204. The smallest absolute Gasteiger partial charge is 0.271 e. The van der Waals surface area contributed by atoms with Crippen LogP contribution in [0.15, 0.2) is 23.3 Å². The summed E-state index contributed by atoms with van der Waals surface area (Å²) in [6.07, 6.45) is 3.88. The van der Waals surface area contributed by atoms with E-state index in [4.69, 9.17) is 9.47 Å². The first-order valence-corrected chi connectivity index (χ1v) is 7.00. The van der Waals surface area contributed by atoms with Crippen LogP contribution in [0.1, 0.15) is 49.9 Å². The van der Waals surface area contributed by atoms with Crippen LogP contribution in [0.4, 0.5) is 0 Å². The van der Waals surface area contributed by atoms with Crippen molar-refractivity contribution in [1.82, 2.24) is 5.43 Å². The molecule has 0 fully saturated rings. The Bertz CT molecular complexity index is 504. The SMILES string of the molecule is CCCC(CCC)=NNC(=O)c1ccc2c(c1)OCO2. The standard InChI is InChI=1S/C15H20N2O3/c1-3-5-12(6-4-2)16-17-15(18)11-7-8-13-14(9-11)20-10-19-13/h7-9H,3-6,10H2,1-2H3,(H,17,18). The van der Waals surface area contributed by atoms with E-state index >= 15 is 0 Å². The van der Waals surface area contributed by atoms with E-state index in [2.05, 4.69) is 24.4 Å². The minimum Gasteiger partial charge on any atom is -0.454 e. The summed E-state index contributed by atoms with van der Waals surface area (Å²) >= 11 is 0. The fraction of sp³-hybridized carbons (Fsp3) is 0.467. The number of carbonyl (C=O) groups excluding carboxylic acids is 1. The first-order valence-electron chi connectivity index (χ1n) is 7.00. The van der Waals surface area contributed by atoms with Gasteiger partial charge in [0.1, 0.15) is 0 Å². The maximum absolute atomic E-state index is 12.0. The first-order chi connectivity index (χ1) is 9.74. The molecule has 1 aliphatic rings. The Morgan fingerprint density at radius 2 is 1.90 bits per heavy atom. The van der Waals surface area contributed by atoms with Crippen LogP contribution < -0.4 is 14.9 Å². The van der Waals surface area contributed by atoms with Crippen LogP contribution in [-0.2, 0) is 0 Å². The molecule has 5 heteroatoms. The maximum atomic E-state index is 12.0. The molecule has 0 aromatic heterocycles. The Labute approximate surface area is 119 Å². The number of rotatable bonds is 6. The molecule has 0 spiro atoms. The first kappa shape index (κ1) is 14.4. The van der Waals surface area contributed by atoms with Crippen molar-refractivity contribution in [2.45, 2.75) is 39.5 Å². The van der Waals surface area contributed by atoms with Gasteiger partial charge >= 0.3 is 0 Å². The number of benzene rings is 1. The number of hydrogen-bond acceptors (Lipinski definition) is 4. The molecule has 0 atom stereocenters. The summed E-state index contributed by atoms with van der Waals surface area (Å²) in [5.74, 6) is 1.04. The average Bonchev–Trinajstić information content (AvgIpc) is 2.92. The molecule has 1 aliphatic heterocycles. The zero-order chi connectivity index (χ0) is 14.4. The van der Waals surface area contributed by atoms with E-state index < -0.39 is 0 Å². The van der Waals surface area contributed by atoms with Crippen LogP contribution in [0.25, 0.3) is 0 Å². The Kier molecular flexibility index (Phi) is 4.98. The summed E-state index contributed by atoms with van der Waals surface area (Å²) in [5.41, 5.74) is 4.16. The van der Waals surface area contributed by atoms with Crippen LogP contribution in [0.5, 0.6) is 11.5 Å². The number of amides is 1. The van der Waals surface area contributed by atoms with Crippen molar-refractivity contribution in [3.63, 3.8) is 0 Å². The molecule has 2 rings (SSSR count). The molecule has 5 nitrogen and oxygen atoms in total. The molecule has 108 valence electrons. The highest BCUT2D eigenvalue weighted by atomic mass is 16.7. The van der Waals surface area contributed by atoms with E-state index in [1.54, 1.807) is 18.2 Å². The predicted octanol–water partition coefficient (Wildman–Crippen LogP) is 3.10. The van der Waals surface area contributed by atoms with Gasteiger partial charge in [-0.1, -0.05) is 26.7 Å². The molecule has 0 unspecified atom stereocenters. The van der Waals surface area contributed by atoms with Gasteiger partial charge in [0.25, 0.3) is 5.91 Å². The Hall–Kier alpha value is -2.04. The lowest BCUT2D eigenvalue weighted by molar-refractivity contribution is 0.0954. The van der Waals surface area contributed by atoms with Crippen LogP contribution in [0.3, 0.4) is 0 Å². The lowest BCUT2D eigenvalue weighted by atomic mass is 10.1. The number of ether oxygens (including phenoxy) is 2. The minimum atomic E-state index is -0.229. The Morgan fingerprint density at radius 3 is 2.60 bits per heavy atom. The van der Waals surface area contributed by atoms with Crippen LogP contribution in [0, 0.1) is 0 Å². The molecule has 0 saturated heterocycles. The summed E-state index contributed by atoms with van der Waals surface area (Å²) in [5, 5.41) is 4.22.